The average Bonchev–Trinajstić information content (AvgIpc) is 3.26. The molecule has 1 amide bonds. The van der Waals surface area contributed by atoms with Crippen molar-refractivity contribution in [2.24, 2.45) is 0 Å². The van der Waals surface area contributed by atoms with Gasteiger partial charge in [-0.3, -0.25) is 9.59 Å². The van der Waals surface area contributed by atoms with Gasteiger partial charge in [-0.1, -0.05) is 43.7 Å². The van der Waals surface area contributed by atoms with Crippen LogP contribution in [-0.2, 0) is 9.59 Å². The molecule has 0 saturated carbocycles. The molecule has 3 aromatic rings. The van der Waals surface area contributed by atoms with Crippen LogP contribution in [0.3, 0.4) is 0 Å². The Balaban J connectivity index is 1.96. The lowest BCUT2D eigenvalue weighted by molar-refractivity contribution is -0.118. The summed E-state index contributed by atoms with van der Waals surface area (Å²) in [6.07, 6.45) is 0.567. The highest BCUT2D eigenvalue weighted by Crippen LogP contribution is 2.42. The molecule has 32 heavy (non-hydrogen) atoms. The molecule has 1 aliphatic heterocycles. The maximum atomic E-state index is 13.3. The molecule has 0 saturated heterocycles. The minimum Gasteiger partial charge on any atom is -0.497 e. The smallest absolute Gasteiger partial charge is 0.246 e. The van der Waals surface area contributed by atoms with Crippen LogP contribution in [0.2, 0.25) is 0 Å². The minimum absolute atomic E-state index is 0.0548. The van der Waals surface area contributed by atoms with Gasteiger partial charge in [0.05, 0.1) is 17.7 Å². The standard InChI is InChI=1S/C24H24N4O3S/c1-5-19(29)22-21(16-11-13-18(31-4)14-12-16)27(20(30)6-2)28-23(25-26-24(28)32-22)17-9-7-15(3)8-10-17/h7-14H,5-6H2,1-4H3. The number of methoxy groups -OCH3 is 1. The quantitative estimate of drug-likeness (QED) is 0.549. The van der Waals surface area contributed by atoms with Crippen LogP contribution in [0.5, 0.6) is 5.75 Å². The number of Topliss-reactive ketones (excluding diaryl/α,β-unsaturated/α-hetero) is 1. The first-order valence-electron chi connectivity index (χ1n) is 10.4. The van der Waals surface area contributed by atoms with Gasteiger partial charge >= 0.3 is 0 Å². The number of thioether (sulfide) groups is 1. The van der Waals surface area contributed by atoms with Crippen LogP contribution in [0, 0.1) is 6.92 Å². The van der Waals surface area contributed by atoms with Crippen molar-refractivity contribution in [2.75, 3.05) is 12.1 Å². The van der Waals surface area contributed by atoms with Gasteiger partial charge in [-0.15, -0.1) is 10.2 Å². The highest BCUT2D eigenvalue weighted by molar-refractivity contribution is 8.04. The fourth-order valence-corrected chi connectivity index (χ4v) is 4.54. The lowest BCUT2D eigenvalue weighted by atomic mass is 10.1. The number of ether oxygens (including phenoxy) is 1. The Kier molecular flexibility index (Phi) is 6.14. The number of hydrogen-bond acceptors (Lipinski definition) is 6. The highest BCUT2D eigenvalue weighted by atomic mass is 32.2. The molecule has 0 aliphatic carbocycles. The van der Waals surface area contributed by atoms with Crippen LogP contribution in [-0.4, -0.2) is 33.7 Å². The molecule has 0 atom stereocenters. The van der Waals surface area contributed by atoms with E-state index in [1.54, 1.807) is 23.7 Å². The monoisotopic (exact) mass is 448 g/mol. The van der Waals surface area contributed by atoms with Gasteiger partial charge in [0, 0.05) is 24.0 Å². The highest BCUT2D eigenvalue weighted by Gasteiger charge is 2.36. The fourth-order valence-electron chi connectivity index (χ4n) is 3.47. The zero-order valence-electron chi connectivity index (χ0n) is 18.5. The molecule has 0 unspecified atom stereocenters. The number of amides is 1. The lowest BCUT2D eigenvalue weighted by Gasteiger charge is -2.33. The van der Waals surface area contributed by atoms with E-state index in [9.17, 15) is 9.59 Å². The van der Waals surface area contributed by atoms with E-state index >= 15 is 0 Å². The molecule has 164 valence electrons. The van der Waals surface area contributed by atoms with E-state index in [1.807, 2.05) is 62.4 Å². The Labute approximate surface area is 191 Å². The van der Waals surface area contributed by atoms with Crippen molar-refractivity contribution in [3.63, 3.8) is 0 Å². The van der Waals surface area contributed by atoms with Crippen LogP contribution >= 0.6 is 11.8 Å². The maximum Gasteiger partial charge on any atom is 0.246 e. The summed E-state index contributed by atoms with van der Waals surface area (Å²) in [5.74, 6) is 1.02. The predicted molar refractivity (Wildman–Crippen MR) is 125 cm³/mol. The molecular weight excluding hydrogens is 424 g/mol. The Morgan fingerprint density at radius 3 is 2.19 bits per heavy atom. The lowest BCUT2D eigenvalue weighted by Crippen LogP contribution is -2.42. The number of rotatable bonds is 6. The molecule has 8 heteroatoms. The normalized spacial score (nSPS) is 13.2. The molecule has 1 aromatic heterocycles. The molecule has 1 aliphatic rings. The number of nitrogens with zero attached hydrogens (tertiary/aromatic N) is 4. The van der Waals surface area contributed by atoms with Crippen molar-refractivity contribution < 1.29 is 14.3 Å². The fraction of sp³-hybridized carbons (Fsp3) is 0.250. The summed E-state index contributed by atoms with van der Waals surface area (Å²) >= 11 is 1.25. The third-order valence-corrected chi connectivity index (χ3v) is 6.28. The van der Waals surface area contributed by atoms with Gasteiger partial charge in [-0.25, -0.2) is 5.01 Å². The zero-order valence-corrected chi connectivity index (χ0v) is 19.3. The van der Waals surface area contributed by atoms with E-state index in [0.717, 1.165) is 16.7 Å². The van der Waals surface area contributed by atoms with E-state index in [1.165, 1.54) is 11.8 Å². The molecule has 2 aromatic carbocycles. The summed E-state index contributed by atoms with van der Waals surface area (Å²) < 4.78 is 7.00. The second-order valence-electron chi connectivity index (χ2n) is 7.33. The molecule has 0 bridgehead atoms. The zero-order chi connectivity index (χ0) is 22.8. The second-order valence-corrected chi connectivity index (χ2v) is 8.31. The number of ketones is 1. The summed E-state index contributed by atoms with van der Waals surface area (Å²) in [4.78, 5) is 26.7. The number of benzene rings is 2. The van der Waals surface area contributed by atoms with Crippen LogP contribution in [0.4, 0.5) is 0 Å². The van der Waals surface area contributed by atoms with Crippen molar-refractivity contribution in [3.8, 4) is 17.1 Å². The summed E-state index contributed by atoms with van der Waals surface area (Å²) in [7, 11) is 1.60. The van der Waals surface area contributed by atoms with Gasteiger partial charge in [0.1, 0.15) is 5.75 Å². The Morgan fingerprint density at radius 2 is 1.59 bits per heavy atom. The van der Waals surface area contributed by atoms with Gasteiger partial charge in [-0.05, 0) is 43.0 Å². The van der Waals surface area contributed by atoms with Crippen LogP contribution < -0.4 is 9.75 Å². The van der Waals surface area contributed by atoms with Crippen molar-refractivity contribution in [1.29, 1.82) is 0 Å². The van der Waals surface area contributed by atoms with E-state index in [-0.39, 0.29) is 18.1 Å². The minimum atomic E-state index is -0.160. The van der Waals surface area contributed by atoms with E-state index in [0.29, 0.717) is 33.8 Å². The van der Waals surface area contributed by atoms with Crippen LogP contribution in [0.25, 0.3) is 17.1 Å². The van der Waals surface area contributed by atoms with Crippen LogP contribution in [0.1, 0.15) is 37.8 Å². The van der Waals surface area contributed by atoms with Gasteiger partial charge in [-0.2, -0.15) is 4.68 Å². The Morgan fingerprint density at radius 1 is 0.938 bits per heavy atom. The van der Waals surface area contributed by atoms with E-state index < -0.39 is 0 Å². The molecule has 0 fully saturated rings. The van der Waals surface area contributed by atoms with Crippen LogP contribution in [0.15, 0.2) is 58.6 Å². The summed E-state index contributed by atoms with van der Waals surface area (Å²) in [6, 6.07) is 15.2. The van der Waals surface area contributed by atoms with Gasteiger partial charge in [0.25, 0.3) is 0 Å². The maximum absolute atomic E-state index is 13.3. The Hall–Kier alpha value is -3.39. The summed E-state index contributed by atoms with van der Waals surface area (Å²) in [5.41, 5.74) is 3.24. The third kappa shape index (κ3) is 3.82. The predicted octanol–water partition coefficient (Wildman–Crippen LogP) is 4.59. The molecule has 0 radical (unpaired) electrons. The first kappa shape index (κ1) is 21.8. The molecular formula is C24H24N4O3S. The first-order valence-corrected chi connectivity index (χ1v) is 11.3. The summed E-state index contributed by atoms with van der Waals surface area (Å²) in [6.45, 7) is 5.62. The van der Waals surface area contributed by atoms with Crippen molar-refractivity contribution in [3.05, 3.63) is 64.6 Å². The molecule has 7 nitrogen and oxygen atoms in total. The number of fused-ring (bicyclic) bond motifs is 1. The number of aromatic nitrogens is 3. The van der Waals surface area contributed by atoms with Gasteiger partial charge in [0.2, 0.25) is 11.1 Å². The number of carbonyl (C=O) groups is 2. The van der Waals surface area contributed by atoms with Crippen molar-refractivity contribution in [2.45, 2.75) is 38.8 Å². The SMILES string of the molecule is CCC(=O)C1=C(c2ccc(OC)cc2)N(C(=O)CC)n2c(nnc2-c2ccc(C)cc2)S1. The number of hydrogen-bond donors (Lipinski definition) is 0. The Bertz CT molecular complexity index is 1200. The molecule has 2 heterocycles. The number of allylic oxidation sites excluding steroid dienone is 1. The first-order chi connectivity index (χ1) is 15.5. The van der Waals surface area contributed by atoms with Gasteiger partial charge < -0.3 is 4.74 Å². The molecule has 4 rings (SSSR count). The number of carbonyl (C=O) groups excluding carboxylic acids is 2. The molecule has 0 N–H and O–H groups in total. The molecule has 0 spiro atoms. The van der Waals surface area contributed by atoms with Crippen molar-refractivity contribution in [1.82, 2.24) is 14.9 Å². The largest absolute Gasteiger partial charge is 0.497 e. The third-order valence-electron chi connectivity index (χ3n) is 5.22. The van der Waals surface area contributed by atoms with E-state index in [4.69, 9.17) is 4.74 Å². The van der Waals surface area contributed by atoms with Crippen molar-refractivity contribution >= 4 is 29.1 Å². The van der Waals surface area contributed by atoms with E-state index in [2.05, 4.69) is 10.2 Å². The average molecular weight is 449 g/mol. The number of aryl methyl sites for hydroxylation is 1. The van der Waals surface area contributed by atoms with Gasteiger partial charge in [0.15, 0.2) is 11.6 Å². The summed E-state index contributed by atoms with van der Waals surface area (Å²) in [5, 5.41) is 10.7. The second kappa shape index (κ2) is 9.00. The topological polar surface area (TPSA) is 77.3 Å².